The summed E-state index contributed by atoms with van der Waals surface area (Å²) in [6.45, 7) is 0. The smallest absolute Gasteiger partial charge is 0.330 e. The fraction of sp³-hybridized carbons (Fsp3) is 0.385. The van der Waals surface area contributed by atoms with Crippen molar-refractivity contribution in [2.45, 2.75) is 12.0 Å². The van der Waals surface area contributed by atoms with Gasteiger partial charge in [-0.25, -0.2) is 4.79 Å². The van der Waals surface area contributed by atoms with Crippen LogP contribution in [0.1, 0.15) is 16.8 Å². The number of benzene rings is 1. The SMILES string of the molecule is COc1ccc(Br)c(C(=O)NC2(C(=O)O)CCSC2)c1. The molecule has 2 rings (SSSR count). The molecule has 20 heavy (non-hydrogen) atoms. The molecule has 0 saturated carbocycles. The minimum Gasteiger partial charge on any atom is -0.497 e. The van der Waals surface area contributed by atoms with E-state index in [1.807, 2.05) is 0 Å². The maximum atomic E-state index is 12.3. The van der Waals surface area contributed by atoms with Gasteiger partial charge in [-0.15, -0.1) is 0 Å². The van der Waals surface area contributed by atoms with Crippen LogP contribution >= 0.6 is 27.7 Å². The highest BCUT2D eigenvalue weighted by Crippen LogP contribution is 2.30. The van der Waals surface area contributed by atoms with Crippen LogP contribution in [0.3, 0.4) is 0 Å². The summed E-state index contributed by atoms with van der Waals surface area (Å²) in [7, 11) is 1.51. The number of thioether (sulfide) groups is 1. The van der Waals surface area contributed by atoms with Gasteiger partial charge in [0.1, 0.15) is 11.3 Å². The summed E-state index contributed by atoms with van der Waals surface area (Å²) in [6, 6.07) is 5.00. The molecule has 1 saturated heterocycles. The Hall–Kier alpha value is -1.21. The van der Waals surface area contributed by atoms with Crippen LogP contribution in [0.5, 0.6) is 5.75 Å². The zero-order valence-corrected chi connectivity index (χ0v) is 13.2. The monoisotopic (exact) mass is 359 g/mol. The number of ether oxygens (including phenoxy) is 1. The van der Waals surface area contributed by atoms with Crippen LogP contribution in [-0.2, 0) is 4.79 Å². The zero-order valence-electron chi connectivity index (χ0n) is 10.8. The third-order valence-corrected chi connectivity index (χ3v) is 5.08. The van der Waals surface area contributed by atoms with Crippen molar-refractivity contribution < 1.29 is 19.4 Å². The summed E-state index contributed by atoms with van der Waals surface area (Å²) in [5.74, 6) is 0.251. The number of rotatable bonds is 4. The molecule has 1 amide bonds. The van der Waals surface area contributed by atoms with E-state index in [1.54, 1.807) is 18.2 Å². The van der Waals surface area contributed by atoms with Gasteiger partial charge in [0.05, 0.1) is 12.7 Å². The molecular formula is C13H14BrNO4S. The average Bonchev–Trinajstić information content (AvgIpc) is 2.89. The van der Waals surface area contributed by atoms with Crippen LogP contribution in [-0.4, -0.2) is 41.1 Å². The predicted molar refractivity (Wildman–Crippen MR) is 80.5 cm³/mol. The van der Waals surface area contributed by atoms with Gasteiger partial charge in [-0.1, -0.05) is 0 Å². The van der Waals surface area contributed by atoms with Gasteiger partial charge in [-0.05, 0) is 46.3 Å². The molecule has 1 heterocycles. The molecule has 0 radical (unpaired) electrons. The maximum absolute atomic E-state index is 12.3. The molecule has 1 unspecified atom stereocenters. The zero-order chi connectivity index (χ0) is 14.8. The summed E-state index contributed by atoms with van der Waals surface area (Å²) in [6.07, 6.45) is 0.431. The second-order valence-electron chi connectivity index (χ2n) is 4.49. The standard InChI is InChI=1S/C13H14BrNO4S/c1-19-8-2-3-10(14)9(6-8)11(16)15-13(12(17)18)4-5-20-7-13/h2-3,6H,4-5,7H2,1H3,(H,15,16)(H,17,18). The molecule has 1 fully saturated rings. The number of carbonyl (C=O) groups is 2. The lowest BCUT2D eigenvalue weighted by Crippen LogP contribution is -2.54. The molecule has 5 nitrogen and oxygen atoms in total. The topological polar surface area (TPSA) is 75.6 Å². The highest BCUT2D eigenvalue weighted by atomic mass is 79.9. The normalized spacial score (nSPS) is 21.5. The van der Waals surface area contributed by atoms with Crippen molar-refractivity contribution in [1.29, 1.82) is 0 Å². The van der Waals surface area contributed by atoms with Gasteiger partial charge in [0.2, 0.25) is 0 Å². The van der Waals surface area contributed by atoms with Crippen LogP contribution < -0.4 is 10.1 Å². The number of methoxy groups -OCH3 is 1. The van der Waals surface area contributed by atoms with Crippen LogP contribution in [0.4, 0.5) is 0 Å². The fourth-order valence-corrected chi connectivity index (χ4v) is 3.73. The summed E-state index contributed by atoms with van der Waals surface area (Å²) < 4.78 is 5.68. The number of aliphatic carboxylic acids is 1. The molecular weight excluding hydrogens is 346 g/mol. The summed E-state index contributed by atoms with van der Waals surface area (Å²) >= 11 is 4.82. The Kier molecular flexibility index (Phi) is 4.59. The van der Waals surface area contributed by atoms with Crippen LogP contribution in [0, 0.1) is 0 Å². The van der Waals surface area contributed by atoms with Gasteiger partial charge >= 0.3 is 5.97 Å². The number of nitrogens with one attached hydrogen (secondary N) is 1. The molecule has 1 aliphatic heterocycles. The lowest BCUT2D eigenvalue weighted by atomic mass is 9.98. The fourth-order valence-electron chi connectivity index (χ4n) is 1.98. The van der Waals surface area contributed by atoms with E-state index in [0.29, 0.717) is 28.0 Å². The molecule has 108 valence electrons. The summed E-state index contributed by atoms with van der Waals surface area (Å²) in [5.41, 5.74) is -0.813. The van der Waals surface area contributed by atoms with Crippen molar-refractivity contribution >= 4 is 39.6 Å². The number of hydrogen-bond acceptors (Lipinski definition) is 4. The quantitative estimate of drug-likeness (QED) is 0.861. The molecule has 0 aromatic heterocycles. The van der Waals surface area contributed by atoms with Gasteiger partial charge in [0, 0.05) is 10.2 Å². The Bertz CT molecular complexity index is 543. The number of hydrogen-bond donors (Lipinski definition) is 2. The minimum absolute atomic E-state index is 0.363. The summed E-state index contributed by atoms with van der Waals surface area (Å²) in [5, 5.41) is 12.0. The highest BCUT2D eigenvalue weighted by Gasteiger charge is 2.43. The molecule has 1 atom stereocenters. The van der Waals surface area contributed by atoms with Crippen LogP contribution in [0.2, 0.25) is 0 Å². The molecule has 7 heteroatoms. The maximum Gasteiger partial charge on any atom is 0.330 e. The Morgan fingerprint density at radius 1 is 1.50 bits per heavy atom. The number of amides is 1. The highest BCUT2D eigenvalue weighted by molar-refractivity contribution is 9.10. The number of carboxylic acid groups (broad SMARTS) is 1. The second kappa shape index (κ2) is 6.05. The lowest BCUT2D eigenvalue weighted by molar-refractivity contribution is -0.143. The second-order valence-corrected chi connectivity index (χ2v) is 6.45. The van der Waals surface area contributed by atoms with Crippen molar-refractivity contribution in [3.63, 3.8) is 0 Å². The van der Waals surface area contributed by atoms with Crippen molar-refractivity contribution in [3.8, 4) is 5.75 Å². The first-order chi connectivity index (χ1) is 9.48. The lowest BCUT2D eigenvalue weighted by Gasteiger charge is -2.24. The van der Waals surface area contributed by atoms with E-state index >= 15 is 0 Å². The molecule has 1 aromatic carbocycles. The third kappa shape index (κ3) is 2.93. The van der Waals surface area contributed by atoms with Gasteiger partial charge < -0.3 is 15.2 Å². The number of carboxylic acids is 1. The average molecular weight is 360 g/mol. The van der Waals surface area contributed by atoms with E-state index in [1.165, 1.54) is 18.9 Å². The van der Waals surface area contributed by atoms with E-state index < -0.39 is 17.4 Å². The van der Waals surface area contributed by atoms with Crippen molar-refractivity contribution in [3.05, 3.63) is 28.2 Å². The van der Waals surface area contributed by atoms with Crippen LogP contribution in [0.25, 0.3) is 0 Å². The van der Waals surface area contributed by atoms with E-state index in [4.69, 9.17) is 4.74 Å². The Balaban J connectivity index is 2.25. The van der Waals surface area contributed by atoms with E-state index in [9.17, 15) is 14.7 Å². The van der Waals surface area contributed by atoms with Gasteiger partial charge in [0.25, 0.3) is 5.91 Å². The Labute approximate surface area is 129 Å². The van der Waals surface area contributed by atoms with E-state index in [0.717, 1.165) is 5.75 Å². The van der Waals surface area contributed by atoms with Crippen LogP contribution in [0.15, 0.2) is 22.7 Å². The van der Waals surface area contributed by atoms with Crippen molar-refractivity contribution in [2.24, 2.45) is 0 Å². The molecule has 1 aromatic rings. The molecule has 1 aliphatic rings. The number of carbonyl (C=O) groups excluding carboxylic acids is 1. The molecule has 2 N–H and O–H groups in total. The van der Waals surface area contributed by atoms with Crippen molar-refractivity contribution in [2.75, 3.05) is 18.6 Å². The Morgan fingerprint density at radius 2 is 2.25 bits per heavy atom. The number of halogens is 1. The van der Waals surface area contributed by atoms with Gasteiger partial charge in [0.15, 0.2) is 0 Å². The molecule has 0 aliphatic carbocycles. The molecule has 0 bridgehead atoms. The first kappa shape index (κ1) is 15.2. The van der Waals surface area contributed by atoms with E-state index in [2.05, 4.69) is 21.2 Å². The minimum atomic E-state index is -1.18. The van der Waals surface area contributed by atoms with Crippen molar-refractivity contribution in [1.82, 2.24) is 5.32 Å². The van der Waals surface area contributed by atoms with Gasteiger partial charge in [-0.2, -0.15) is 11.8 Å². The molecule has 0 spiro atoms. The Morgan fingerprint density at radius 3 is 2.80 bits per heavy atom. The first-order valence-corrected chi connectivity index (χ1v) is 7.90. The third-order valence-electron chi connectivity index (χ3n) is 3.20. The predicted octanol–water partition coefficient (Wildman–Crippen LogP) is 2.15. The summed E-state index contributed by atoms with van der Waals surface area (Å²) in [4.78, 5) is 23.8. The first-order valence-electron chi connectivity index (χ1n) is 5.96. The largest absolute Gasteiger partial charge is 0.497 e. The van der Waals surface area contributed by atoms with Gasteiger partial charge in [-0.3, -0.25) is 4.79 Å². The van der Waals surface area contributed by atoms with E-state index in [-0.39, 0.29) is 0 Å².